The molecule has 10 nitrogen and oxygen atoms in total. The summed E-state index contributed by atoms with van der Waals surface area (Å²) in [6.45, 7) is 0. The Morgan fingerprint density at radius 2 is 1.94 bits per heavy atom. The van der Waals surface area contributed by atoms with Crippen molar-refractivity contribution in [3.63, 3.8) is 0 Å². The van der Waals surface area contributed by atoms with Gasteiger partial charge in [0, 0.05) is 17.6 Å². The molecule has 34 heavy (non-hydrogen) atoms. The highest BCUT2D eigenvalue weighted by Gasteiger charge is 2.64. The fourth-order valence-corrected chi connectivity index (χ4v) is 5.55. The first-order valence-corrected chi connectivity index (χ1v) is 10.5. The Hall–Kier alpha value is -3.94. The number of hydrogen-bond donors (Lipinski definition) is 5. The van der Waals surface area contributed by atoms with Crippen molar-refractivity contribution in [2.75, 3.05) is 14.1 Å². The smallest absolute Gasteiger partial charge is 0.255 e. The molecule has 4 atom stereocenters. The number of nitrogens with zero attached hydrogens (tertiary/aromatic N) is 2. The third-order valence-corrected chi connectivity index (χ3v) is 6.98. The first-order valence-electron chi connectivity index (χ1n) is 10.5. The molecule has 3 aliphatic rings. The Balaban J connectivity index is 1.98. The lowest BCUT2D eigenvalue weighted by molar-refractivity contribution is -0.153. The maximum atomic E-state index is 13.7. The van der Waals surface area contributed by atoms with E-state index in [1.165, 1.54) is 37.2 Å². The van der Waals surface area contributed by atoms with Gasteiger partial charge in [-0.2, -0.15) is 5.26 Å². The summed E-state index contributed by atoms with van der Waals surface area (Å²) >= 11 is 0. The largest absolute Gasteiger partial charge is 0.508 e. The topological polar surface area (TPSA) is 185 Å². The van der Waals surface area contributed by atoms with Gasteiger partial charge in [-0.15, -0.1) is 0 Å². The number of phenols is 1. The second-order valence-corrected chi connectivity index (χ2v) is 8.95. The Morgan fingerprint density at radius 3 is 2.53 bits per heavy atom. The number of primary amides is 1. The van der Waals surface area contributed by atoms with Crippen molar-refractivity contribution >= 4 is 29.3 Å². The lowest BCUT2D eigenvalue weighted by atomic mass is 9.57. The molecule has 0 spiro atoms. The summed E-state index contributed by atoms with van der Waals surface area (Å²) in [7, 11) is 3.08. The van der Waals surface area contributed by atoms with Crippen LogP contribution in [0.1, 0.15) is 23.1 Å². The number of likely N-dealkylation sites (N-methyl/N-ethyl adjacent to an activating group) is 1. The zero-order valence-corrected chi connectivity index (χ0v) is 18.4. The maximum Gasteiger partial charge on any atom is 0.255 e. The van der Waals surface area contributed by atoms with E-state index in [2.05, 4.69) is 0 Å². The van der Waals surface area contributed by atoms with Gasteiger partial charge in [-0.1, -0.05) is 6.07 Å². The molecule has 0 heterocycles. The third kappa shape index (κ3) is 2.98. The molecule has 176 valence electrons. The number of carbonyl (C=O) groups is 3. The van der Waals surface area contributed by atoms with Gasteiger partial charge in [0.25, 0.3) is 5.91 Å². The predicted octanol–water partition coefficient (Wildman–Crippen LogP) is 0.501. The molecule has 0 saturated heterocycles. The molecule has 10 heteroatoms. The van der Waals surface area contributed by atoms with E-state index in [4.69, 9.17) is 11.0 Å². The highest BCUT2D eigenvalue weighted by atomic mass is 16.3. The summed E-state index contributed by atoms with van der Waals surface area (Å²) in [6.07, 6.45) is 2.92. The molecule has 1 fully saturated rings. The lowest BCUT2D eigenvalue weighted by Crippen LogP contribution is -2.65. The molecule has 1 aromatic rings. The van der Waals surface area contributed by atoms with Gasteiger partial charge in [0.05, 0.1) is 17.7 Å². The van der Waals surface area contributed by atoms with E-state index in [9.17, 15) is 34.8 Å². The number of fused-ring (bicyclic) bond motifs is 3. The number of benzene rings is 1. The van der Waals surface area contributed by atoms with E-state index in [0.29, 0.717) is 11.1 Å². The van der Waals surface area contributed by atoms with Crippen molar-refractivity contribution in [3.8, 4) is 11.8 Å². The minimum atomic E-state index is -2.67. The van der Waals surface area contributed by atoms with E-state index < -0.39 is 58.0 Å². The van der Waals surface area contributed by atoms with E-state index in [1.807, 2.05) is 6.07 Å². The van der Waals surface area contributed by atoms with Crippen LogP contribution < -0.4 is 5.73 Å². The van der Waals surface area contributed by atoms with Crippen LogP contribution in [0.15, 0.2) is 35.1 Å². The van der Waals surface area contributed by atoms with Gasteiger partial charge in [-0.05, 0) is 56.1 Å². The molecule has 0 aromatic heterocycles. The number of ketones is 2. The summed E-state index contributed by atoms with van der Waals surface area (Å²) in [6, 6.07) is 3.62. The van der Waals surface area contributed by atoms with Gasteiger partial charge in [-0.3, -0.25) is 19.3 Å². The van der Waals surface area contributed by atoms with E-state index in [0.717, 1.165) is 0 Å². The molecule has 3 aliphatic carbocycles. The van der Waals surface area contributed by atoms with Crippen molar-refractivity contribution < 1.29 is 34.8 Å². The van der Waals surface area contributed by atoms with Crippen molar-refractivity contribution in [3.05, 3.63) is 51.8 Å². The molecule has 1 aromatic carbocycles. The van der Waals surface area contributed by atoms with Crippen LogP contribution in [0.2, 0.25) is 0 Å². The predicted molar refractivity (Wildman–Crippen MR) is 119 cm³/mol. The molecular formula is C24H23N3O7. The number of aliphatic hydroxyl groups excluding tert-OH is 2. The minimum Gasteiger partial charge on any atom is -0.508 e. The third-order valence-electron chi connectivity index (χ3n) is 6.98. The molecular weight excluding hydrogens is 442 g/mol. The molecule has 4 rings (SSSR count). The zero-order valence-electron chi connectivity index (χ0n) is 18.4. The number of hydrogen-bond acceptors (Lipinski definition) is 9. The Bertz CT molecular complexity index is 1280. The Labute approximate surface area is 194 Å². The first kappa shape index (κ1) is 23.2. The highest BCUT2D eigenvalue weighted by molar-refractivity contribution is 6.24. The summed E-state index contributed by atoms with van der Waals surface area (Å²) < 4.78 is 0. The number of allylic oxidation sites excluding steroid dienone is 1. The number of Topliss-reactive ketones (excluding diaryl/α,β-unsaturated/α-hetero) is 2. The van der Waals surface area contributed by atoms with Crippen LogP contribution >= 0.6 is 0 Å². The molecule has 0 radical (unpaired) electrons. The van der Waals surface area contributed by atoms with Gasteiger partial charge >= 0.3 is 0 Å². The first-order chi connectivity index (χ1) is 16.0. The second kappa shape index (κ2) is 7.83. The van der Waals surface area contributed by atoms with Crippen molar-refractivity contribution in [1.82, 2.24) is 4.90 Å². The number of rotatable bonds is 3. The fourth-order valence-electron chi connectivity index (χ4n) is 5.55. The van der Waals surface area contributed by atoms with Crippen molar-refractivity contribution in [2.24, 2.45) is 17.6 Å². The Kier molecular flexibility index (Phi) is 5.35. The number of nitriles is 1. The van der Waals surface area contributed by atoms with Gasteiger partial charge < -0.3 is 26.2 Å². The monoisotopic (exact) mass is 465 g/mol. The van der Waals surface area contributed by atoms with Crippen LogP contribution in [0, 0.1) is 23.2 Å². The van der Waals surface area contributed by atoms with Gasteiger partial charge in [0.15, 0.2) is 11.4 Å². The van der Waals surface area contributed by atoms with Crippen LogP contribution in [0.5, 0.6) is 5.75 Å². The van der Waals surface area contributed by atoms with Crippen molar-refractivity contribution in [2.45, 2.75) is 24.5 Å². The second-order valence-electron chi connectivity index (χ2n) is 8.95. The summed E-state index contributed by atoms with van der Waals surface area (Å²) in [5.74, 6) is -6.96. The van der Waals surface area contributed by atoms with E-state index >= 15 is 0 Å². The van der Waals surface area contributed by atoms with Gasteiger partial charge in [0.2, 0.25) is 5.78 Å². The van der Waals surface area contributed by atoms with Crippen molar-refractivity contribution in [1.29, 1.82) is 5.26 Å². The lowest BCUT2D eigenvalue weighted by Gasteiger charge is -2.50. The number of amides is 1. The van der Waals surface area contributed by atoms with Crippen LogP contribution in [0.3, 0.4) is 0 Å². The average Bonchev–Trinajstić information content (AvgIpc) is 2.75. The molecule has 6 N–H and O–H groups in total. The van der Waals surface area contributed by atoms with Gasteiger partial charge in [-0.25, -0.2) is 0 Å². The average molecular weight is 465 g/mol. The maximum absolute atomic E-state index is 13.7. The zero-order chi connectivity index (χ0) is 25.1. The standard InChI is InChI=1S/C24H23N3O7/c1-27(2)18-13-9-11-8-12-10(4-3-7-25)5-6-14(28)16(12)19(29)15(11)21(31)24(13,34)22(32)17(20(18)30)23(26)33/h3-6,11,13,18,28-29,32,34H,8-9H2,1-2H3,(H2,26,33)/b4-3+/t11-,13-,18+,24-/m1/s1. The summed E-state index contributed by atoms with van der Waals surface area (Å²) in [5, 5.41) is 52.7. The van der Waals surface area contributed by atoms with Crippen LogP contribution in [0.25, 0.3) is 11.8 Å². The van der Waals surface area contributed by atoms with Crippen LogP contribution in [-0.4, -0.2) is 68.5 Å². The van der Waals surface area contributed by atoms with Crippen LogP contribution in [0.4, 0.5) is 0 Å². The molecule has 1 saturated carbocycles. The van der Waals surface area contributed by atoms with E-state index in [-0.39, 0.29) is 29.7 Å². The normalized spacial score (nSPS) is 28.6. The van der Waals surface area contributed by atoms with Crippen LogP contribution in [-0.2, 0) is 20.8 Å². The van der Waals surface area contributed by atoms with E-state index in [1.54, 1.807) is 6.07 Å². The SMILES string of the molecule is CN(C)[C@@H]1C(=O)C(C(N)=O)=C(O)[C@]2(O)C(=O)C3=C(O)c4c(O)ccc(/C=C/C#N)c4C[C@@H]3C[C@H]12. The van der Waals surface area contributed by atoms with Gasteiger partial charge in [0.1, 0.15) is 22.8 Å². The molecule has 0 unspecified atom stereocenters. The summed E-state index contributed by atoms with van der Waals surface area (Å²) in [5.41, 5.74) is 2.58. The highest BCUT2D eigenvalue weighted by Crippen LogP contribution is 2.52. The minimum absolute atomic E-state index is 0.00280. The number of phenolic OH excluding ortho intramolecular Hbond substituents is 1. The quantitative estimate of drug-likeness (QED) is 0.313. The molecule has 0 aliphatic heterocycles. The number of carbonyl (C=O) groups excluding carboxylic acids is 3. The number of nitrogens with two attached hydrogens (primary N) is 1. The Morgan fingerprint density at radius 1 is 1.26 bits per heavy atom. The molecule has 0 bridgehead atoms. The summed E-state index contributed by atoms with van der Waals surface area (Å²) in [4.78, 5) is 40.1. The fraction of sp³-hybridized carbons (Fsp3) is 0.333. The number of aromatic hydroxyl groups is 1. The number of aliphatic hydroxyl groups is 3. The molecule has 1 amide bonds.